The molecule has 0 radical (unpaired) electrons. The molecule has 3 heterocycles. The van der Waals surface area contributed by atoms with Crippen molar-refractivity contribution in [2.45, 2.75) is 12.4 Å². The van der Waals surface area contributed by atoms with Gasteiger partial charge in [-0.1, -0.05) is 0 Å². The Morgan fingerprint density at radius 3 is 2.38 bits per heavy atom. The van der Waals surface area contributed by atoms with Crippen LogP contribution in [0.4, 0.5) is 37.8 Å². The first-order valence-electron chi connectivity index (χ1n) is 7.72. The van der Waals surface area contributed by atoms with E-state index in [-0.39, 0.29) is 27.3 Å². The molecule has 0 atom stereocenters. The van der Waals surface area contributed by atoms with Gasteiger partial charge in [0.15, 0.2) is 0 Å². The number of anilines is 2. The van der Waals surface area contributed by atoms with Crippen LogP contribution in [0.15, 0.2) is 35.2 Å². The van der Waals surface area contributed by atoms with Gasteiger partial charge < -0.3 is 15.0 Å². The molecule has 0 bridgehead atoms. The van der Waals surface area contributed by atoms with E-state index < -0.39 is 29.4 Å². The number of rotatable bonds is 3. The first-order valence-corrected chi connectivity index (χ1v) is 8.51. The van der Waals surface area contributed by atoms with Gasteiger partial charge >= 0.3 is 12.4 Å². The van der Waals surface area contributed by atoms with Crippen LogP contribution in [-0.4, -0.2) is 27.3 Å². The number of amides is 1. The number of pyridine rings is 2. The maximum atomic E-state index is 13.0. The maximum Gasteiger partial charge on any atom is 0.417 e. The highest BCUT2D eigenvalue weighted by atomic mass is 79.9. The lowest BCUT2D eigenvalue weighted by Crippen LogP contribution is -2.16. The molecule has 0 aromatic carbocycles. The van der Waals surface area contributed by atoms with Crippen molar-refractivity contribution in [2.24, 2.45) is 0 Å². The molecule has 0 aliphatic heterocycles. The van der Waals surface area contributed by atoms with E-state index in [0.717, 1.165) is 18.5 Å². The predicted octanol–water partition coefficient (Wildman–Crippen LogP) is 4.82. The summed E-state index contributed by atoms with van der Waals surface area (Å²) in [6.07, 6.45) is -6.49. The van der Waals surface area contributed by atoms with E-state index in [0.29, 0.717) is 12.3 Å². The fraction of sp³-hybridized carbons (Fsp3) is 0.188. The zero-order valence-electron chi connectivity index (χ0n) is 14.3. The third-order valence-electron chi connectivity index (χ3n) is 3.78. The normalized spacial score (nSPS) is 12.3. The first kappa shape index (κ1) is 20.9. The number of imidazole rings is 1. The Labute approximate surface area is 167 Å². The predicted molar refractivity (Wildman–Crippen MR) is 94.6 cm³/mol. The van der Waals surface area contributed by atoms with E-state index in [1.807, 2.05) is 0 Å². The monoisotopic (exact) mass is 481 g/mol. The molecule has 3 aromatic rings. The Morgan fingerprint density at radius 2 is 1.79 bits per heavy atom. The Bertz CT molecular complexity index is 1090. The first-order chi connectivity index (χ1) is 13.4. The third-order valence-corrected chi connectivity index (χ3v) is 4.41. The zero-order valence-corrected chi connectivity index (χ0v) is 15.9. The molecule has 0 aliphatic rings. The number of nitrogens with one attached hydrogen (secondary N) is 2. The molecule has 3 aromatic heterocycles. The molecule has 2 N–H and O–H groups in total. The second-order valence-corrected chi connectivity index (χ2v) is 6.60. The summed E-state index contributed by atoms with van der Waals surface area (Å²) in [6, 6.07) is 1.43. The van der Waals surface area contributed by atoms with Crippen molar-refractivity contribution < 1.29 is 31.1 Å². The average Bonchev–Trinajstić information content (AvgIpc) is 3.02. The topological polar surface area (TPSA) is 71.3 Å². The zero-order chi connectivity index (χ0) is 21.6. The number of carbonyl (C=O) groups excluding carboxylic acids is 1. The van der Waals surface area contributed by atoms with Crippen LogP contribution in [0.1, 0.15) is 21.6 Å². The van der Waals surface area contributed by atoms with Crippen LogP contribution in [0.3, 0.4) is 0 Å². The van der Waals surface area contributed by atoms with Crippen LogP contribution in [0.2, 0.25) is 0 Å². The van der Waals surface area contributed by atoms with E-state index >= 15 is 0 Å². The number of halogens is 7. The largest absolute Gasteiger partial charge is 0.417 e. The Balaban J connectivity index is 1.96. The van der Waals surface area contributed by atoms with Crippen LogP contribution >= 0.6 is 15.9 Å². The summed E-state index contributed by atoms with van der Waals surface area (Å²) < 4.78 is 78.6. The SMILES string of the molecule is CNc1ncc(C(F)(F)F)cc1NC(=O)c1cn2cc(Br)c(C(F)(F)F)cc2n1. The lowest BCUT2D eigenvalue weighted by molar-refractivity contribution is -0.138. The number of nitrogens with zero attached hydrogens (tertiary/aromatic N) is 3. The Kier molecular flexibility index (Phi) is 5.19. The minimum absolute atomic E-state index is 0.0304. The minimum atomic E-state index is -4.68. The molecule has 0 fully saturated rings. The highest BCUT2D eigenvalue weighted by molar-refractivity contribution is 9.10. The molecule has 29 heavy (non-hydrogen) atoms. The number of fused-ring (bicyclic) bond motifs is 1. The average molecular weight is 482 g/mol. The highest BCUT2D eigenvalue weighted by Gasteiger charge is 2.34. The van der Waals surface area contributed by atoms with Gasteiger partial charge in [-0.2, -0.15) is 26.3 Å². The van der Waals surface area contributed by atoms with Gasteiger partial charge in [0.25, 0.3) is 5.91 Å². The summed E-state index contributed by atoms with van der Waals surface area (Å²) in [5.74, 6) is -0.951. The summed E-state index contributed by atoms with van der Waals surface area (Å²) in [5.41, 5.74) is -2.79. The van der Waals surface area contributed by atoms with Crippen molar-refractivity contribution in [3.63, 3.8) is 0 Å². The number of carbonyl (C=O) groups is 1. The number of aromatic nitrogens is 3. The molecule has 0 aliphatic carbocycles. The molecule has 6 nitrogen and oxygen atoms in total. The van der Waals surface area contributed by atoms with Crippen LogP contribution in [-0.2, 0) is 12.4 Å². The molecule has 0 unspecified atom stereocenters. The highest BCUT2D eigenvalue weighted by Crippen LogP contribution is 2.36. The van der Waals surface area contributed by atoms with Crippen molar-refractivity contribution in [2.75, 3.05) is 17.7 Å². The van der Waals surface area contributed by atoms with Gasteiger partial charge in [0.2, 0.25) is 0 Å². The van der Waals surface area contributed by atoms with Gasteiger partial charge in [0.05, 0.1) is 16.8 Å². The maximum absolute atomic E-state index is 13.0. The van der Waals surface area contributed by atoms with Gasteiger partial charge in [-0.3, -0.25) is 4.79 Å². The summed E-state index contributed by atoms with van der Waals surface area (Å²) in [4.78, 5) is 19.8. The van der Waals surface area contributed by atoms with Crippen LogP contribution in [0.25, 0.3) is 5.65 Å². The fourth-order valence-corrected chi connectivity index (χ4v) is 2.99. The summed E-state index contributed by atoms with van der Waals surface area (Å²) >= 11 is 2.81. The smallest absolute Gasteiger partial charge is 0.371 e. The minimum Gasteiger partial charge on any atom is -0.371 e. The van der Waals surface area contributed by atoms with Crippen LogP contribution in [0.5, 0.6) is 0 Å². The Hall–Kier alpha value is -2.83. The van der Waals surface area contributed by atoms with E-state index in [9.17, 15) is 31.1 Å². The van der Waals surface area contributed by atoms with Crippen molar-refractivity contribution in [1.29, 1.82) is 0 Å². The molecular weight excluding hydrogens is 472 g/mol. The second-order valence-electron chi connectivity index (χ2n) is 5.75. The second kappa shape index (κ2) is 7.21. The van der Waals surface area contributed by atoms with Gasteiger partial charge in [-0.05, 0) is 28.1 Å². The molecule has 1 amide bonds. The van der Waals surface area contributed by atoms with Crippen LogP contribution in [0, 0.1) is 0 Å². The Morgan fingerprint density at radius 1 is 1.10 bits per heavy atom. The number of hydrogen-bond acceptors (Lipinski definition) is 4. The molecule has 0 saturated carbocycles. The third kappa shape index (κ3) is 4.28. The van der Waals surface area contributed by atoms with Crippen molar-refractivity contribution in [3.8, 4) is 0 Å². The van der Waals surface area contributed by atoms with Crippen molar-refractivity contribution >= 4 is 39.0 Å². The summed E-state index contributed by atoms with van der Waals surface area (Å²) in [5, 5.41) is 4.78. The molecule has 0 spiro atoms. The number of hydrogen-bond donors (Lipinski definition) is 2. The van der Waals surface area contributed by atoms with E-state index in [2.05, 4.69) is 36.5 Å². The van der Waals surface area contributed by atoms with E-state index in [1.54, 1.807) is 0 Å². The van der Waals surface area contributed by atoms with Crippen LogP contribution < -0.4 is 10.6 Å². The molecular formula is C16H10BrF6N5O. The van der Waals surface area contributed by atoms with Gasteiger partial charge in [0.1, 0.15) is 17.2 Å². The summed E-state index contributed by atoms with van der Waals surface area (Å²) in [7, 11) is 1.40. The van der Waals surface area contributed by atoms with Gasteiger partial charge in [-0.25, -0.2) is 9.97 Å². The molecule has 13 heteroatoms. The molecule has 0 saturated heterocycles. The molecule has 3 rings (SSSR count). The quantitative estimate of drug-likeness (QED) is 0.526. The molecule has 154 valence electrons. The van der Waals surface area contributed by atoms with Gasteiger partial charge in [-0.15, -0.1) is 0 Å². The van der Waals surface area contributed by atoms with E-state index in [1.165, 1.54) is 11.4 Å². The van der Waals surface area contributed by atoms with Gasteiger partial charge in [0, 0.05) is 30.1 Å². The van der Waals surface area contributed by atoms with Crippen molar-refractivity contribution in [1.82, 2.24) is 14.4 Å². The lowest BCUT2D eigenvalue weighted by Gasteiger charge is -2.12. The van der Waals surface area contributed by atoms with E-state index in [4.69, 9.17) is 0 Å². The lowest BCUT2D eigenvalue weighted by atomic mass is 10.2. The summed E-state index contributed by atoms with van der Waals surface area (Å²) in [6.45, 7) is 0. The van der Waals surface area contributed by atoms with Crippen molar-refractivity contribution in [3.05, 3.63) is 52.0 Å². The number of alkyl halides is 6. The standard InChI is InChI=1S/C16H10BrF6N5O/c1-24-13-10(2-7(4-25-13)15(18,19)20)27-14(29)11-6-28-5-9(17)8(16(21,22)23)3-12(28)26-11/h2-6H,1H3,(H,24,25)(H,27,29). The fourth-order valence-electron chi connectivity index (χ4n) is 2.44.